The molecule has 0 unspecified atom stereocenters. The van der Waals surface area contributed by atoms with Crippen LogP contribution in [0.25, 0.3) is 0 Å². The third-order valence-corrected chi connectivity index (χ3v) is 4.56. The zero-order chi connectivity index (χ0) is 16.8. The Labute approximate surface area is 142 Å². The smallest absolute Gasteiger partial charge is 0.253 e. The molecule has 0 saturated carbocycles. The average Bonchev–Trinajstić information content (AvgIpc) is 2.54. The molecule has 5 nitrogen and oxygen atoms in total. The number of carbonyl (C=O) groups is 2. The van der Waals surface area contributed by atoms with Crippen molar-refractivity contribution in [1.82, 2.24) is 15.1 Å². The maximum atomic E-state index is 12.5. The molecule has 23 heavy (non-hydrogen) atoms. The summed E-state index contributed by atoms with van der Waals surface area (Å²) >= 11 is 1.67. The number of carbonyl (C=O) groups excluding carboxylic acids is 2. The highest BCUT2D eigenvalue weighted by molar-refractivity contribution is 7.98. The average molecular weight is 335 g/mol. The van der Waals surface area contributed by atoms with Gasteiger partial charge in [-0.15, -0.1) is 11.8 Å². The number of benzene rings is 1. The van der Waals surface area contributed by atoms with Gasteiger partial charge in [0.25, 0.3) is 5.91 Å². The van der Waals surface area contributed by atoms with E-state index in [9.17, 15) is 9.59 Å². The molecule has 2 rings (SSSR count). The first-order valence-corrected chi connectivity index (χ1v) is 9.17. The summed E-state index contributed by atoms with van der Waals surface area (Å²) in [5, 5.41) is 2.90. The number of nitrogens with one attached hydrogen (secondary N) is 1. The minimum atomic E-state index is 0.0485. The second-order valence-corrected chi connectivity index (χ2v) is 6.90. The van der Waals surface area contributed by atoms with E-state index in [2.05, 4.69) is 10.2 Å². The monoisotopic (exact) mass is 335 g/mol. The quantitative estimate of drug-likeness (QED) is 0.832. The summed E-state index contributed by atoms with van der Waals surface area (Å²) in [6, 6.07) is 7.89. The molecule has 0 aromatic heterocycles. The van der Waals surface area contributed by atoms with Crippen LogP contribution in [0.1, 0.15) is 24.2 Å². The topological polar surface area (TPSA) is 52.7 Å². The molecule has 0 bridgehead atoms. The molecule has 126 valence electrons. The second kappa shape index (κ2) is 8.36. The summed E-state index contributed by atoms with van der Waals surface area (Å²) in [5.41, 5.74) is 0.730. The lowest BCUT2D eigenvalue weighted by molar-refractivity contribution is -0.123. The molecule has 0 radical (unpaired) electrons. The highest BCUT2D eigenvalue weighted by Gasteiger charge is 2.23. The number of hydrogen-bond donors (Lipinski definition) is 1. The Morgan fingerprint density at radius 1 is 1.13 bits per heavy atom. The van der Waals surface area contributed by atoms with Gasteiger partial charge in [0.15, 0.2) is 0 Å². The van der Waals surface area contributed by atoms with Crippen molar-refractivity contribution in [2.24, 2.45) is 0 Å². The van der Waals surface area contributed by atoms with Crippen molar-refractivity contribution in [1.29, 1.82) is 0 Å². The Morgan fingerprint density at radius 3 is 2.26 bits per heavy atom. The van der Waals surface area contributed by atoms with Crippen LogP contribution in [0.15, 0.2) is 29.2 Å². The van der Waals surface area contributed by atoms with Crippen LogP contribution in [0.2, 0.25) is 0 Å². The molecule has 1 aromatic carbocycles. The van der Waals surface area contributed by atoms with Crippen LogP contribution in [-0.4, -0.2) is 66.6 Å². The molecule has 1 N–H and O–H groups in total. The molecule has 1 aromatic rings. The molecular formula is C17H25N3O2S. The standard InChI is InChI=1S/C17H25N3O2S/c1-13(2)18-16(21)12-19-8-10-20(11-9-19)17(22)14-4-6-15(23-3)7-5-14/h4-7,13H,8-12H2,1-3H3,(H,18,21). The third-order valence-electron chi connectivity index (χ3n) is 3.81. The molecule has 1 fully saturated rings. The zero-order valence-electron chi connectivity index (χ0n) is 14.0. The van der Waals surface area contributed by atoms with E-state index < -0.39 is 0 Å². The van der Waals surface area contributed by atoms with Gasteiger partial charge in [-0.05, 0) is 44.4 Å². The number of nitrogens with zero attached hydrogens (tertiary/aromatic N) is 2. The highest BCUT2D eigenvalue weighted by atomic mass is 32.2. The van der Waals surface area contributed by atoms with E-state index in [4.69, 9.17) is 0 Å². The van der Waals surface area contributed by atoms with Crippen LogP contribution in [-0.2, 0) is 4.79 Å². The number of amides is 2. The number of rotatable bonds is 5. The molecular weight excluding hydrogens is 310 g/mol. The van der Waals surface area contributed by atoms with Crippen molar-refractivity contribution < 1.29 is 9.59 Å². The van der Waals surface area contributed by atoms with Gasteiger partial charge in [0, 0.05) is 42.7 Å². The van der Waals surface area contributed by atoms with Gasteiger partial charge < -0.3 is 10.2 Å². The first-order valence-electron chi connectivity index (χ1n) is 7.94. The fraction of sp³-hybridized carbons (Fsp3) is 0.529. The van der Waals surface area contributed by atoms with Crippen LogP contribution in [0.5, 0.6) is 0 Å². The summed E-state index contributed by atoms with van der Waals surface area (Å²) in [4.78, 5) is 29.4. The Morgan fingerprint density at radius 2 is 1.74 bits per heavy atom. The van der Waals surface area contributed by atoms with Crippen molar-refractivity contribution in [2.45, 2.75) is 24.8 Å². The van der Waals surface area contributed by atoms with Crippen molar-refractivity contribution in [3.63, 3.8) is 0 Å². The lowest BCUT2D eigenvalue weighted by atomic mass is 10.2. The first-order chi connectivity index (χ1) is 11.0. The van der Waals surface area contributed by atoms with E-state index in [0.29, 0.717) is 19.6 Å². The summed E-state index contributed by atoms with van der Waals surface area (Å²) in [7, 11) is 0. The molecule has 6 heteroatoms. The number of thioether (sulfide) groups is 1. The zero-order valence-corrected chi connectivity index (χ0v) is 14.9. The maximum absolute atomic E-state index is 12.5. The summed E-state index contributed by atoms with van der Waals surface area (Å²) < 4.78 is 0. The van der Waals surface area contributed by atoms with Gasteiger partial charge in [-0.2, -0.15) is 0 Å². The Kier molecular flexibility index (Phi) is 6.47. The van der Waals surface area contributed by atoms with Gasteiger partial charge in [0.2, 0.25) is 5.91 Å². The largest absolute Gasteiger partial charge is 0.353 e. The molecule has 1 aliphatic heterocycles. The first kappa shape index (κ1) is 17.8. The van der Waals surface area contributed by atoms with Crippen LogP contribution < -0.4 is 5.32 Å². The van der Waals surface area contributed by atoms with Crippen LogP contribution in [0, 0.1) is 0 Å². The van der Waals surface area contributed by atoms with Gasteiger partial charge in [0.1, 0.15) is 0 Å². The van der Waals surface area contributed by atoms with E-state index in [1.807, 2.05) is 49.3 Å². The predicted octanol–water partition coefficient (Wildman–Crippen LogP) is 1.69. The number of hydrogen-bond acceptors (Lipinski definition) is 4. The third kappa shape index (κ3) is 5.25. The fourth-order valence-corrected chi connectivity index (χ4v) is 3.00. The Balaban J connectivity index is 1.83. The van der Waals surface area contributed by atoms with Gasteiger partial charge >= 0.3 is 0 Å². The predicted molar refractivity (Wildman–Crippen MR) is 93.8 cm³/mol. The number of piperazine rings is 1. The SMILES string of the molecule is CSc1ccc(C(=O)N2CCN(CC(=O)NC(C)C)CC2)cc1. The van der Waals surface area contributed by atoms with Crippen molar-refractivity contribution >= 4 is 23.6 Å². The summed E-state index contributed by atoms with van der Waals surface area (Å²) in [6.07, 6.45) is 2.02. The van der Waals surface area contributed by atoms with E-state index in [1.54, 1.807) is 11.8 Å². The van der Waals surface area contributed by atoms with Gasteiger partial charge in [-0.3, -0.25) is 14.5 Å². The lowest BCUT2D eigenvalue weighted by Gasteiger charge is -2.34. The molecule has 2 amide bonds. The van der Waals surface area contributed by atoms with E-state index >= 15 is 0 Å². The van der Waals surface area contributed by atoms with Crippen LogP contribution in [0.4, 0.5) is 0 Å². The van der Waals surface area contributed by atoms with E-state index in [1.165, 1.54) is 0 Å². The van der Waals surface area contributed by atoms with E-state index in [-0.39, 0.29) is 17.9 Å². The molecule has 1 aliphatic rings. The summed E-state index contributed by atoms with van der Waals surface area (Å²) in [6.45, 7) is 7.12. The van der Waals surface area contributed by atoms with E-state index in [0.717, 1.165) is 23.5 Å². The molecule has 1 heterocycles. The Bertz CT molecular complexity index is 537. The molecule has 0 aliphatic carbocycles. The lowest BCUT2D eigenvalue weighted by Crippen LogP contribution is -2.51. The van der Waals surface area contributed by atoms with Crippen molar-refractivity contribution in [2.75, 3.05) is 39.0 Å². The normalized spacial score (nSPS) is 15.7. The van der Waals surface area contributed by atoms with Crippen LogP contribution >= 0.6 is 11.8 Å². The minimum Gasteiger partial charge on any atom is -0.353 e. The van der Waals surface area contributed by atoms with Crippen molar-refractivity contribution in [3.05, 3.63) is 29.8 Å². The van der Waals surface area contributed by atoms with Gasteiger partial charge in [-0.1, -0.05) is 0 Å². The fourth-order valence-electron chi connectivity index (χ4n) is 2.60. The van der Waals surface area contributed by atoms with Gasteiger partial charge in [0.05, 0.1) is 6.54 Å². The molecule has 1 saturated heterocycles. The summed E-state index contributed by atoms with van der Waals surface area (Å²) in [5.74, 6) is 0.122. The maximum Gasteiger partial charge on any atom is 0.253 e. The minimum absolute atomic E-state index is 0.0485. The van der Waals surface area contributed by atoms with Gasteiger partial charge in [-0.25, -0.2) is 0 Å². The second-order valence-electron chi connectivity index (χ2n) is 6.02. The van der Waals surface area contributed by atoms with Crippen LogP contribution in [0.3, 0.4) is 0 Å². The highest BCUT2D eigenvalue weighted by Crippen LogP contribution is 2.16. The molecule has 0 spiro atoms. The Hall–Kier alpha value is -1.53. The van der Waals surface area contributed by atoms with Crippen molar-refractivity contribution in [3.8, 4) is 0 Å². The molecule has 0 atom stereocenters.